The van der Waals surface area contributed by atoms with Crippen molar-refractivity contribution < 1.29 is 4.79 Å². The minimum Gasteiger partial charge on any atom is -0.299 e. The molecule has 1 aliphatic rings. The lowest BCUT2D eigenvalue weighted by atomic mass is 9.79. The number of ketones is 1. The third kappa shape index (κ3) is 3.46. The van der Waals surface area contributed by atoms with Gasteiger partial charge in [-0.1, -0.05) is 37.5 Å². The second-order valence-corrected chi connectivity index (χ2v) is 6.48. The number of carbonyl (C=O) groups is 1. The average molecular weight is 258 g/mol. The number of rotatable bonds is 3. The van der Waals surface area contributed by atoms with E-state index in [2.05, 4.69) is 39.8 Å². The molecule has 0 radical (unpaired) electrons. The van der Waals surface area contributed by atoms with Gasteiger partial charge < -0.3 is 0 Å². The number of Topliss-reactive ketones (excluding diaryl/α,β-unsaturated/α-hetero) is 1. The van der Waals surface area contributed by atoms with Crippen LogP contribution in [0.1, 0.15) is 54.9 Å². The lowest BCUT2D eigenvalue weighted by Crippen LogP contribution is -2.23. The van der Waals surface area contributed by atoms with E-state index in [9.17, 15) is 4.79 Å². The highest BCUT2D eigenvalue weighted by Gasteiger charge is 2.24. The van der Waals surface area contributed by atoms with Crippen molar-refractivity contribution in [1.82, 2.24) is 0 Å². The molecule has 0 amide bonds. The molecule has 0 unspecified atom stereocenters. The lowest BCUT2D eigenvalue weighted by Gasteiger charge is -2.25. The normalized spacial score (nSPS) is 23.4. The van der Waals surface area contributed by atoms with Crippen molar-refractivity contribution in [2.75, 3.05) is 0 Å². The fraction of sp³-hybridized carbons (Fsp3) is 0.611. The van der Waals surface area contributed by atoms with Crippen LogP contribution in [0, 0.1) is 32.6 Å². The Morgan fingerprint density at radius 2 is 1.58 bits per heavy atom. The zero-order valence-electron chi connectivity index (χ0n) is 12.8. The maximum absolute atomic E-state index is 12.5. The Morgan fingerprint density at radius 1 is 1.05 bits per heavy atom. The van der Waals surface area contributed by atoms with E-state index in [4.69, 9.17) is 0 Å². The second kappa shape index (κ2) is 5.90. The van der Waals surface area contributed by atoms with Gasteiger partial charge in [0, 0.05) is 12.3 Å². The first kappa shape index (κ1) is 14.3. The summed E-state index contributed by atoms with van der Waals surface area (Å²) in [7, 11) is 0. The summed E-state index contributed by atoms with van der Waals surface area (Å²) in [5.41, 5.74) is 5.09. The standard InChI is InChI=1S/C18H26O/c1-12-5-7-16(8-6-12)18(19)11-17-14(3)9-13(2)10-15(17)4/h9-10,12,16H,5-8,11H2,1-4H3. The molecule has 0 aliphatic heterocycles. The molecule has 0 bridgehead atoms. The summed E-state index contributed by atoms with van der Waals surface area (Å²) >= 11 is 0. The highest BCUT2D eigenvalue weighted by atomic mass is 16.1. The number of aryl methyl sites for hydroxylation is 3. The molecule has 0 heterocycles. The van der Waals surface area contributed by atoms with E-state index in [-0.39, 0.29) is 0 Å². The van der Waals surface area contributed by atoms with E-state index in [1.165, 1.54) is 35.1 Å². The van der Waals surface area contributed by atoms with Crippen molar-refractivity contribution in [3.05, 3.63) is 34.4 Å². The summed E-state index contributed by atoms with van der Waals surface area (Å²) in [6.45, 7) is 8.68. The van der Waals surface area contributed by atoms with Crippen LogP contribution in [0.4, 0.5) is 0 Å². The summed E-state index contributed by atoms with van der Waals surface area (Å²) in [5, 5.41) is 0. The van der Waals surface area contributed by atoms with Crippen LogP contribution in [0.3, 0.4) is 0 Å². The van der Waals surface area contributed by atoms with Crippen LogP contribution in [0.5, 0.6) is 0 Å². The van der Waals surface area contributed by atoms with Crippen molar-refractivity contribution in [2.24, 2.45) is 11.8 Å². The van der Waals surface area contributed by atoms with Gasteiger partial charge in [0.15, 0.2) is 0 Å². The predicted molar refractivity (Wildman–Crippen MR) is 80.5 cm³/mol. The van der Waals surface area contributed by atoms with E-state index < -0.39 is 0 Å². The van der Waals surface area contributed by atoms with E-state index in [1.807, 2.05) is 0 Å². The van der Waals surface area contributed by atoms with Crippen LogP contribution >= 0.6 is 0 Å². The summed E-state index contributed by atoms with van der Waals surface area (Å²) < 4.78 is 0. The molecule has 0 spiro atoms. The SMILES string of the molecule is Cc1cc(C)c(CC(=O)C2CCC(C)CC2)c(C)c1. The highest BCUT2D eigenvalue weighted by Crippen LogP contribution is 2.30. The third-order valence-electron chi connectivity index (χ3n) is 4.66. The van der Waals surface area contributed by atoms with Crippen molar-refractivity contribution in [3.8, 4) is 0 Å². The fourth-order valence-electron chi connectivity index (χ4n) is 3.39. The topological polar surface area (TPSA) is 17.1 Å². The molecule has 1 saturated carbocycles. The van der Waals surface area contributed by atoms with E-state index in [1.54, 1.807) is 0 Å². The minimum atomic E-state index is 0.316. The Labute approximate surface area is 117 Å². The summed E-state index contributed by atoms with van der Waals surface area (Å²) in [4.78, 5) is 12.5. The van der Waals surface area contributed by atoms with E-state index >= 15 is 0 Å². The molecule has 2 rings (SSSR count). The molecule has 1 heteroatoms. The zero-order chi connectivity index (χ0) is 14.0. The Kier molecular flexibility index (Phi) is 4.44. The van der Waals surface area contributed by atoms with Gasteiger partial charge in [0.2, 0.25) is 0 Å². The number of benzene rings is 1. The lowest BCUT2D eigenvalue weighted by molar-refractivity contribution is -0.123. The number of carbonyl (C=O) groups excluding carboxylic acids is 1. The molecule has 1 aromatic carbocycles. The molecule has 0 aromatic heterocycles. The Balaban J connectivity index is 2.07. The first-order valence-electron chi connectivity index (χ1n) is 7.56. The van der Waals surface area contributed by atoms with Gasteiger partial charge in [0.05, 0.1) is 0 Å². The summed E-state index contributed by atoms with van der Waals surface area (Å²) in [5.74, 6) is 1.59. The van der Waals surface area contributed by atoms with Crippen molar-refractivity contribution >= 4 is 5.78 Å². The van der Waals surface area contributed by atoms with Gasteiger partial charge in [-0.15, -0.1) is 0 Å². The third-order valence-corrected chi connectivity index (χ3v) is 4.66. The zero-order valence-corrected chi connectivity index (χ0v) is 12.8. The Morgan fingerprint density at radius 3 is 2.11 bits per heavy atom. The van der Waals surface area contributed by atoms with Crippen LogP contribution in [-0.2, 0) is 11.2 Å². The van der Waals surface area contributed by atoms with E-state index in [0.717, 1.165) is 18.8 Å². The summed E-state index contributed by atoms with van der Waals surface area (Å²) in [6, 6.07) is 4.39. The van der Waals surface area contributed by atoms with Crippen LogP contribution < -0.4 is 0 Å². The smallest absolute Gasteiger partial charge is 0.140 e. The second-order valence-electron chi connectivity index (χ2n) is 6.48. The van der Waals surface area contributed by atoms with Gasteiger partial charge in [0.1, 0.15) is 5.78 Å². The maximum atomic E-state index is 12.5. The van der Waals surface area contributed by atoms with Crippen LogP contribution in [0.2, 0.25) is 0 Å². The van der Waals surface area contributed by atoms with Crippen molar-refractivity contribution in [3.63, 3.8) is 0 Å². The molecule has 1 aliphatic carbocycles. The molecule has 19 heavy (non-hydrogen) atoms. The molecular formula is C18H26O. The first-order chi connectivity index (χ1) is 8.97. The molecule has 0 saturated heterocycles. The summed E-state index contributed by atoms with van der Waals surface area (Å²) in [6.07, 6.45) is 5.29. The van der Waals surface area contributed by atoms with Gasteiger partial charge in [-0.05, 0) is 56.2 Å². The van der Waals surface area contributed by atoms with Crippen molar-refractivity contribution in [1.29, 1.82) is 0 Å². The van der Waals surface area contributed by atoms with Gasteiger partial charge >= 0.3 is 0 Å². The molecule has 104 valence electrons. The predicted octanol–water partition coefficient (Wildman–Crippen LogP) is 4.55. The van der Waals surface area contributed by atoms with E-state index in [0.29, 0.717) is 18.1 Å². The van der Waals surface area contributed by atoms with Crippen molar-refractivity contribution in [2.45, 2.75) is 59.8 Å². The quantitative estimate of drug-likeness (QED) is 0.777. The fourth-order valence-corrected chi connectivity index (χ4v) is 3.39. The first-order valence-corrected chi connectivity index (χ1v) is 7.56. The Bertz CT molecular complexity index is 442. The molecular weight excluding hydrogens is 232 g/mol. The monoisotopic (exact) mass is 258 g/mol. The van der Waals surface area contributed by atoms with Crippen LogP contribution in [-0.4, -0.2) is 5.78 Å². The number of hydrogen-bond acceptors (Lipinski definition) is 1. The van der Waals surface area contributed by atoms with Crippen LogP contribution in [0.25, 0.3) is 0 Å². The molecule has 0 atom stereocenters. The van der Waals surface area contributed by atoms with Gasteiger partial charge in [0.25, 0.3) is 0 Å². The molecule has 0 N–H and O–H groups in total. The molecule has 1 aromatic rings. The highest BCUT2D eigenvalue weighted by molar-refractivity contribution is 5.84. The van der Waals surface area contributed by atoms with Gasteiger partial charge in [-0.3, -0.25) is 4.79 Å². The molecule has 1 fully saturated rings. The molecule has 1 nitrogen and oxygen atoms in total. The number of hydrogen-bond donors (Lipinski definition) is 0. The minimum absolute atomic E-state index is 0.316. The average Bonchev–Trinajstić information content (AvgIpc) is 2.34. The maximum Gasteiger partial charge on any atom is 0.140 e. The van der Waals surface area contributed by atoms with Gasteiger partial charge in [-0.25, -0.2) is 0 Å². The Hall–Kier alpha value is -1.11. The van der Waals surface area contributed by atoms with Gasteiger partial charge in [-0.2, -0.15) is 0 Å². The van der Waals surface area contributed by atoms with Crippen LogP contribution in [0.15, 0.2) is 12.1 Å². The largest absolute Gasteiger partial charge is 0.299 e.